The second-order valence-corrected chi connectivity index (χ2v) is 7.04. The van der Waals surface area contributed by atoms with Gasteiger partial charge in [0.05, 0.1) is 5.56 Å². The first kappa shape index (κ1) is 21.4. The average molecular weight is 409 g/mol. The van der Waals surface area contributed by atoms with Crippen LogP contribution in [0, 0.1) is 0 Å². The Labute approximate surface area is 176 Å². The van der Waals surface area contributed by atoms with Gasteiger partial charge in [-0.3, -0.25) is 9.59 Å². The molecule has 1 N–H and O–H groups in total. The highest BCUT2D eigenvalue weighted by atomic mass is 16.5. The van der Waals surface area contributed by atoms with Gasteiger partial charge in [0.1, 0.15) is 0 Å². The first-order valence-electron chi connectivity index (χ1n) is 10.2. The van der Waals surface area contributed by atoms with Gasteiger partial charge in [0.25, 0.3) is 5.91 Å². The number of nitrogens with zero attached hydrogens (tertiary/aromatic N) is 2. The zero-order valence-corrected chi connectivity index (χ0v) is 17.4. The molecule has 0 aliphatic carbocycles. The monoisotopic (exact) mass is 409 g/mol. The van der Waals surface area contributed by atoms with E-state index in [1.54, 1.807) is 29.2 Å². The number of esters is 1. The predicted octanol–water partition coefficient (Wildman–Crippen LogP) is 3.46. The van der Waals surface area contributed by atoms with Crippen LogP contribution in [0.5, 0.6) is 0 Å². The summed E-state index contributed by atoms with van der Waals surface area (Å²) >= 11 is 0. The fourth-order valence-electron chi connectivity index (χ4n) is 3.45. The van der Waals surface area contributed by atoms with Gasteiger partial charge in [0.15, 0.2) is 6.61 Å². The van der Waals surface area contributed by atoms with Crippen LogP contribution >= 0.6 is 0 Å². The molecule has 0 spiro atoms. The van der Waals surface area contributed by atoms with Gasteiger partial charge < -0.3 is 19.9 Å². The molecule has 0 radical (unpaired) electrons. The van der Waals surface area contributed by atoms with Crippen molar-refractivity contribution in [2.45, 2.75) is 26.7 Å². The molecule has 7 heteroatoms. The molecule has 0 unspecified atom stereocenters. The van der Waals surface area contributed by atoms with Crippen LogP contribution in [0.2, 0.25) is 0 Å². The standard InChI is InChI=1S/C23H27N3O4/c1-3-25(4-2)19-13-9-18(10-14-19)24-21(27)16-30-23(29)17-7-11-20(12-8-17)26-15-5-6-22(26)28/h7-14H,3-6,15-16H2,1-2H3,(H,24,27). The van der Waals surface area contributed by atoms with E-state index in [1.807, 2.05) is 24.3 Å². The Bertz CT molecular complexity index is 890. The Morgan fingerprint density at radius 2 is 1.70 bits per heavy atom. The maximum Gasteiger partial charge on any atom is 0.338 e. The number of benzene rings is 2. The summed E-state index contributed by atoms with van der Waals surface area (Å²) in [6, 6.07) is 14.2. The Morgan fingerprint density at radius 1 is 1.03 bits per heavy atom. The summed E-state index contributed by atoms with van der Waals surface area (Å²) in [7, 11) is 0. The maximum atomic E-state index is 12.2. The van der Waals surface area contributed by atoms with Crippen molar-refractivity contribution in [3.05, 3.63) is 54.1 Å². The van der Waals surface area contributed by atoms with Crippen LogP contribution in [0.15, 0.2) is 48.5 Å². The van der Waals surface area contributed by atoms with Crippen molar-refractivity contribution in [3.8, 4) is 0 Å². The predicted molar refractivity (Wildman–Crippen MR) is 117 cm³/mol. The minimum atomic E-state index is -0.582. The summed E-state index contributed by atoms with van der Waals surface area (Å²) in [5.74, 6) is -0.897. The molecule has 0 atom stereocenters. The minimum Gasteiger partial charge on any atom is -0.452 e. The molecule has 1 saturated heterocycles. The molecule has 1 heterocycles. The van der Waals surface area contributed by atoms with E-state index in [1.165, 1.54) is 0 Å². The minimum absolute atomic E-state index is 0.0899. The molecule has 2 aromatic rings. The Hall–Kier alpha value is -3.35. The smallest absolute Gasteiger partial charge is 0.338 e. The molecule has 158 valence electrons. The summed E-state index contributed by atoms with van der Waals surface area (Å²) in [5.41, 5.74) is 2.83. The molecular weight excluding hydrogens is 382 g/mol. The van der Waals surface area contributed by atoms with Gasteiger partial charge in [-0.15, -0.1) is 0 Å². The molecule has 2 amide bonds. The number of carbonyl (C=O) groups is 3. The lowest BCUT2D eigenvalue weighted by Gasteiger charge is -2.21. The van der Waals surface area contributed by atoms with Crippen LogP contribution < -0.4 is 15.1 Å². The molecule has 1 aliphatic rings. The SMILES string of the molecule is CCN(CC)c1ccc(NC(=O)COC(=O)c2ccc(N3CCCC3=O)cc2)cc1. The zero-order valence-electron chi connectivity index (χ0n) is 17.4. The van der Waals surface area contributed by atoms with Crippen LogP contribution in [0.3, 0.4) is 0 Å². The van der Waals surface area contributed by atoms with Gasteiger partial charge in [-0.25, -0.2) is 4.79 Å². The van der Waals surface area contributed by atoms with Crippen molar-refractivity contribution in [1.82, 2.24) is 0 Å². The van der Waals surface area contributed by atoms with E-state index in [-0.39, 0.29) is 12.5 Å². The Balaban J connectivity index is 1.49. The molecular formula is C23H27N3O4. The molecule has 7 nitrogen and oxygen atoms in total. The van der Waals surface area contributed by atoms with E-state index in [0.29, 0.717) is 24.2 Å². The lowest BCUT2D eigenvalue weighted by atomic mass is 10.2. The lowest BCUT2D eigenvalue weighted by Crippen LogP contribution is -2.24. The summed E-state index contributed by atoms with van der Waals surface area (Å²) in [6.45, 7) is 6.32. The van der Waals surface area contributed by atoms with Crippen molar-refractivity contribution in [3.63, 3.8) is 0 Å². The number of rotatable bonds is 8. The van der Waals surface area contributed by atoms with Gasteiger partial charge >= 0.3 is 5.97 Å². The first-order chi connectivity index (χ1) is 14.5. The topological polar surface area (TPSA) is 79.0 Å². The molecule has 3 rings (SSSR count). The van der Waals surface area contributed by atoms with Crippen molar-refractivity contribution >= 4 is 34.8 Å². The van der Waals surface area contributed by atoms with Crippen molar-refractivity contribution < 1.29 is 19.1 Å². The van der Waals surface area contributed by atoms with Gasteiger partial charge in [-0.2, -0.15) is 0 Å². The largest absolute Gasteiger partial charge is 0.452 e. The number of anilines is 3. The third kappa shape index (κ3) is 5.17. The quantitative estimate of drug-likeness (QED) is 0.676. The van der Waals surface area contributed by atoms with E-state index in [0.717, 1.165) is 30.9 Å². The zero-order chi connectivity index (χ0) is 21.5. The highest BCUT2D eigenvalue weighted by molar-refractivity contribution is 5.97. The third-order valence-electron chi connectivity index (χ3n) is 5.10. The maximum absolute atomic E-state index is 12.2. The Kier molecular flexibility index (Phi) is 7.06. The number of nitrogens with one attached hydrogen (secondary N) is 1. The van der Waals surface area contributed by atoms with Gasteiger partial charge in [0, 0.05) is 43.1 Å². The van der Waals surface area contributed by atoms with E-state index in [4.69, 9.17) is 4.74 Å². The average Bonchev–Trinajstić information content (AvgIpc) is 3.20. The number of hydrogen-bond donors (Lipinski definition) is 1. The first-order valence-corrected chi connectivity index (χ1v) is 10.2. The van der Waals surface area contributed by atoms with Gasteiger partial charge in [-0.05, 0) is 68.8 Å². The van der Waals surface area contributed by atoms with Crippen LogP contribution in [0.4, 0.5) is 17.1 Å². The number of hydrogen-bond acceptors (Lipinski definition) is 5. The highest BCUT2D eigenvalue weighted by Crippen LogP contribution is 2.22. The highest BCUT2D eigenvalue weighted by Gasteiger charge is 2.21. The van der Waals surface area contributed by atoms with Gasteiger partial charge in [-0.1, -0.05) is 0 Å². The summed E-state index contributed by atoms with van der Waals surface area (Å²) in [5, 5.41) is 2.72. The second kappa shape index (κ2) is 9.91. The second-order valence-electron chi connectivity index (χ2n) is 7.04. The van der Waals surface area contributed by atoms with Crippen LogP contribution in [0.25, 0.3) is 0 Å². The van der Waals surface area contributed by atoms with Crippen LogP contribution in [-0.2, 0) is 14.3 Å². The molecule has 0 aromatic heterocycles. The normalized spacial score (nSPS) is 13.3. The van der Waals surface area contributed by atoms with E-state index < -0.39 is 11.9 Å². The van der Waals surface area contributed by atoms with Crippen LogP contribution in [-0.4, -0.2) is 44.0 Å². The van der Waals surface area contributed by atoms with E-state index in [2.05, 4.69) is 24.1 Å². The molecule has 1 aliphatic heterocycles. The van der Waals surface area contributed by atoms with Crippen molar-refractivity contribution in [2.24, 2.45) is 0 Å². The van der Waals surface area contributed by atoms with Crippen molar-refractivity contribution in [2.75, 3.05) is 41.4 Å². The number of carbonyl (C=O) groups excluding carboxylic acids is 3. The lowest BCUT2D eigenvalue weighted by molar-refractivity contribution is -0.119. The fourth-order valence-corrected chi connectivity index (χ4v) is 3.45. The molecule has 0 saturated carbocycles. The van der Waals surface area contributed by atoms with Crippen molar-refractivity contribution in [1.29, 1.82) is 0 Å². The fraction of sp³-hybridized carbons (Fsp3) is 0.348. The summed E-state index contributed by atoms with van der Waals surface area (Å²) in [4.78, 5) is 40.0. The third-order valence-corrected chi connectivity index (χ3v) is 5.10. The molecule has 30 heavy (non-hydrogen) atoms. The van der Waals surface area contributed by atoms with E-state index in [9.17, 15) is 14.4 Å². The van der Waals surface area contributed by atoms with Gasteiger partial charge in [0.2, 0.25) is 5.91 Å². The Morgan fingerprint density at radius 3 is 2.27 bits per heavy atom. The molecule has 2 aromatic carbocycles. The molecule has 0 bridgehead atoms. The van der Waals surface area contributed by atoms with Crippen LogP contribution in [0.1, 0.15) is 37.0 Å². The molecule has 1 fully saturated rings. The van der Waals surface area contributed by atoms with E-state index >= 15 is 0 Å². The summed E-state index contributed by atoms with van der Waals surface area (Å²) in [6.07, 6.45) is 1.40. The number of ether oxygens (including phenoxy) is 1. The number of amides is 2. The summed E-state index contributed by atoms with van der Waals surface area (Å²) < 4.78 is 5.11.